The molecule has 1 aliphatic heterocycles. The zero-order chi connectivity index (χ0) is 21.5. The highest BCUT2D eigenvalue weighted by Gasteiger charge is 2.24. The van der Waals surface area contributed by atoms with Crippen molar-refractivity contribution in [3.8, 4) is 23.6 Å². The molecule has 0 saturated heterocycles. The Bertz CT molecular complexity index is 1350. The second kappa shape index (κ2) is 7.33. The molecule has 1 aliphatic rings. The van der Waals surface area contributed by atoms with E-state index in [9.17, 15) is 10.4 Å². The molecule has 0 unspecified atom stereocenters. The molecule has 2 aromatic carbocycles. The number of hydrogen-bond acceptors (Lipinski definition) is 6. The minimum Gasteiger partial charge on any atom is -0.508 e. The summed E-state index contributed by atoms with van der Waals surface area (Å²) in [5.41, 5.74) is 4.19. The summed E-state index contributed by atoms with van der Waals surface area (Å²) >= 11 is 0. The minimum absolute atomic E-state index is 0.194. The summed E-state index contributed by atoms with van der Waals surface area (Å²) in [6, 6.07) is 17.0. The van der Waals surface area contributed by atoms with E-state index in [1.165, 1.54) is 0 Å². The van der Waals surface area contributed by atoms with Gasteiger partial charge in [0.1, 0.15) is 11.6 Å². The van der Waals surface area contributed by atoms with Crippen LogP contribution in [0.4, 0.5) is 11.5 Å². The molecule has 0 bridgehead atoms. The number of anilines is 2. The highest BCUT2D eigenvalue weighted by Crippen LogP contribution is 2.36. The highest BCUT2D eigenvalue weighted by molar-refractivity contribution is 5.88. The number of phenolic OH excluding ortho intramolecular Hbond substituents is 1. The van der Waals surface area contributed by atoms with Crippen LogP contribution in [-0.2, 0) is 6.42 Å². The normalized spacial score (nSPS) is 12.8. The first-order valence-electron chi connectivity index (χ1n) is 10.1. The summed E-state index contributed by atoms with van der Waals surface area (Å²) in [6.07, 6.45) is 1.71. The van der Waals surface area contributed by atoms with Gasteiger partial charge in [-0.3, -0.25) is 4.57 Å². The largest absolute Gasteiger partial charge is 0.508 e. The fourth-order valence-electron chi connectivity index (χ4n) is 4.12. The van der Waals surface area contributed by atoms with Gasteiger partial charge in [0.15, 0.2) is 0 Å². The third-order valence-corrected chi connectivity index (χ3v) is 5.63. The average Bonchev–Trinajstić information content (AvgIpc) is 3.13. The number of fused-ring (bicyclic) bond motifs is 2. The van der Waals surface area contributed by atoms with Crippen LogP contribution in [0.15, 0.2) is 48.5 Å². The smallest absolute Gasteiger partial charge is 0.239 e. The summed E-state index contributed by atoms with van der Waals surface area (Å²) in [6.45, 7) is 2.59. The number of ether oxygens (including phenoxy) is 1. The first kappa shape index (κ1) is 18.9. The van der Waals surface area contributed by atoms with Crippen LogP contribution in [0.25, 0.3) is 16.9 Å². The van der Waals surface area contributed by atoms with Gasteiger partial charge in [-0.2, -0.15) is 15.2 Å². The Morgan fingerprint density at radius 3 is 2.81 bits per heavy atom. The number of rotatable bonds is 3. The van der Waals surface area contributed by atoms with Crippen LogP contribution in [0, 0.1) is 18.3 Å². The van der Waals surface area contributed by atoms with E-state index < -0.39 is 0 Å². The summed E-state index contributed by atoms with van der Waals surface area (Å²) in [7, 11) is 1.92. The summed E-state index contributed by atoms with van der Waals surface area (Å²) < 4.78 is 7.87. The molecule has 0 atom stereocenters. The molecular weight excluding hydrogens is 390 g/mol. The number of phenols is 1. The lowest BCUT2D eigenvalue weighted by Crippen LogP contribution is -2.20. The van der Waals surface area contributed by atoms with Crippen molar-refractivity contribution in [3.63, 3.8) is 0 Å². The molecule has 1 N–H and O–H groups in total. The van der Waals surface area contributed by atoms with E-state index in [0.717, 1.165) is 46.5 Å². The Hall–Kier alpha value is -4.05. The van der Waals surface area contributed by atoms with Crippen LogP contribution in [0.5, 0.6) is 11.6 Å². The van der Waals surface area contributed by atoms with E-state index in [2.05, 4.69) is 6.07 Å². The van der Waals surface area contributed by atoms with E-state index in [4.69, 9.17) is 14.7 Å². The predicted molar refractivity (Wildman–Crippen MR) is 118 cm³/mol. The maximum atomic E-state index is 9.94. The van der Waals surface area contributed by atoms with Gasteiger partial charge in [-0.15, -0.1) is 0 Å². The van der Waals surface area contributed by atoms with Crippen LogP contribution < -0.4 is 9.64 Å². The molecule has 3 heterocycles. The Balaban J connectivity index is 1.74. The van der Waals surface area contributed by atoms with Gasteiger partial charge < -0.3 is 14.7 Å². The molecule has 7 heteroatoms. The van der Waals surface area contributed by atoms with Crippen LogP contribution in [0.3, 0.4) is 0 Å². The Labute approximate surface area is 179 Å². The Morgan fingerprint density at radius 1 is 1.16 bits per heavy atom. The van der Waals surface area contributed by atoms with Crippen molar-refractivity contribution in [2.45, 2.75) is 19.8 Å². The van der Waals surface area contributed by atoms with Crippen LogP contribution in [-0.4, -0.2) is 33.3 Å². The Morgan fingerprint density at radius 2 is 2.00 bits per heavy atom. The second-order valence-corrected chi connectivity index (χ2v) is 7.63. The Kier molecular flexibility index (Phi) is 4.48. The minimum atomic E-state index is 0.194. The topological polar surface area (TPSA) is 87.2 Å². The average molecular weight is 411 g/mol. The summed E-state index contributed by atoms with van der Waals surface area (Å²) in [4.78, 5) is 11.6. The first-order chi connectivity index (χ1) is 15.1. The molecular formula is C24H21N5O2. The number of aromatic hydroxyl groups is 1. The SMILES string of the molecule is Cc1cc2c(C#N)cccc2n1-c1nc2c(c(N(C)c3cccc(O)c3)n1)CCCO2. The van der Waals surface area contributed by atoms with Crippen molar-refractivity contribution in [2.24, 2.45) is 0 Å². The number of benzene rings is 2. The number of nitrogens with zero attached hydrogens (tertiary/aromatic N) is 5. The lowest BCUT2D eigenvalue weighted by atomic mass is 10.1. The van der Waals surface area contributed by atoms with Gasteiger partial charge in [0.2, 0.25) is 11.8 Å². The van der Waals surface area contributed by atoms with Crippen LogP contribution >= 0.6 is 0 Å². The quantitative estimate of drug-likeness (QED) is 0.538. The van der Waals surface area contributed by atoms with Crippen LogP contribution in [0.1, 0.15) is 23.2 Å². The fraction of sp³-hybridized carbons (Fsp3) is 0.208. The molecule has 0 aliphatic carbocycles. The molecule has 154 valence electrons. The van der Waals surface area contributed by atoms with E-state index in [1.54, 1.807) is 18.2 Å². The van der Waals surface area contributed by atoms with Crippen molar-refractivity contribution in [2.75, 3.05) is 18.6 Å². The van der Waals surface area contributed by atoms with Gasteiger partial charge in [0.05, 0.1) is 29.3 Å². The van der Waals surface area contributed by atoms with E-state index in [0.29, 0.717) is 24.0 Å². The predicted octanol–water partition coefficient (Wildman–Crippen LogP) is 4.40. The third-order valence-electron chi connectivity index (χ3n) is 5.63. The summed E-state index contributed by atoms with van der Waals surface area (Å²) in [5, 5.41) is 20.3. The first-order valence-corrected chi connectivity index (χ1v) is 10.1. The zero-order valence-corrected chi connectivity index (χ0v) is 17.3. The summed E-state index contributed by atoms with van der Waals surface area (Å²) in [5.74, 6) is 2.00. The lowest BCUT2D eigenvalue weighted by Gasteiger charge is -2.26. The highest BCUT2D eigenvalue weighted by atomic mass is 16.5. The van der Waals surface area contributed by atoms with Gasteiger partial charge in [-0.1, -0.05) is 12.1 Å². The number of aromatic nitrogens is 3. The molecule has 31 heavy (non-hydrogen) atoms. The molecule has 0 amide bonds. The van der Waals surface area contributed by atoms with Crippen LogP contribution in [0.2, 0.25) is 0 Å². The zero-order valence-electron chi connectivity index (χ0n) is 17.3. The molecule has 0 saturated carbocycles. The van der Waals surface area contributed by atoms with Gasteiger partial charge in [-0.25, -0.2) is 0 Å². The van der Waals surface area contributed by atoms with Gasteiger partial charge >= 0.3 is 0 Å². The molecule has 7 nitrogen and oxygen atoms in total. The van der Waals surface area contributed by atoms with Crippen molar-refractivity contribution in [3.05, 3.63) is 65.4 Å². The molecule has 4 aromatic rings. The van der Waals surface area contributed by atoms with E-state index in [1.807, 2.05) is 53.8 Å². The van der Waals surface area contributed by atoms with Gasteiger partial charge in [0, 0.05) is 29.9 Å². The van der Waals surface area contributed by atoms with E-state index in [-0.39, 0.29) is 5.75 Å². The lowest BCUT2D eigenvalue weighted by molar-refractivity contribution is 0.275. The third kappa shape index (κ3) is 3.13. The van der Waals surface area contributed by atoms with Crippen molar-refractivity contribution < 1.29 is 9.84 Å². The number of aryl methyl sites for hydroxylation is 1. The van der Waals surface area contributed by atoms with Crippen molar-refractivity contribution >= 4 is 22.4 Å². The molecule has 0 radical (unpaired) electrons. The van der Waals surface area contributed by atoms with Gasteiger partial charge in [-0.05, 0) is 50.1 Å². The second-order valence-electron chi connectivity index (χ2n) is 7.63. The standard InChI is InChI=1S/C24H21N5O2/c1-15-12-20-16(14-25)6-3-10-21(20)29(15)24-26-22(19-9-5-11-31-23(19)27-24)28(2)17-7-4-8-18(30)13-17/h3-4,6-8,10,12-13,30H,5,9,11H2,1-2H3. The molecule has 0 spiro atoms. The van der Waals surface area contributed by atoms with Crippen molar-refractivity contribution in [1.29, 1.82) is 5.26 Å². The number of nitriles is 1. The van der Waals surface area contributed by atoms with E-state index >= 15 is 0 Å². The maximum Gasteiger partial charge on any atom is 0.239 e. The van der Waals surface area contributed by atoms with Gasteiger partial charge in [0.25, 0.3) is 0 Å². The molecule has 2 aromatic heterocycles. The monoisotopic (exact) mass is 411 g/mol. The maximum absolute atomic E-state index is 9.94. The molecule has 5 rings (SSSR count). The molecule has 0 fully saturated rings. The fourth-order valence-corrected chi connectivity index (χ4v) is 4.12. The number of hydrogen-bond donors (Lipinski definition) is 1. The van der Waals surface area contributed by atoms with Crippen molar-refractivity contribution in [1.82, 2.24) is 14.5 Å².